The molecule has 0 radical (unpaired) electrons. The summed E-state index contributed by atoms with van der Waals surface area (Å²) in [6.07, 6.45) is 6.25. The van der Waals surface area contributed by atoms with Gasteiger partial charge in [-0.25, -0.2) is 9.97 Å². The molecule has 1 heterocycles. The molecule has 3 rings (SSSR count). The summed E-state index contributed by atoms with van der Waals surface area (Å²) in [5.74, 6) is 3.94. The van der Waals surface area contributed by atoms with Crippen LogP contribution in [0.1, 0.15) is 57.7 Å². The first-order valence-electron chi connectivity index (χ1n) is 7.48. The maximum Gasteiger partial charge on any atom is 0.135 e. The summed E-state index contributed by atoms with van der Waals surface area (Å²) in [6, 6.07) is 2.39. The summed E-state index contributed by atoms with van der Waals surface area (Å²) in [5, 5.41) is 4.15. The van der Waals surface area contributed by atoms with Crippen molar-refractivity contribution < 1.29 is 0 Å². The lowest BCUT2D eigenvalue weighted by molar-refractivity contribution is 0.391. The topological polar surface area (TPSA) is 37.8 Å². The van der Waals surface area contributed by atoms with Crippen LogP contribution in [0.4, 0.5) is 5.82 Å². The van der Waals surface area contributed by atoms with Crippen molar-refractivity contribution in [2.75, 3.05) is 5.32 Å². The summed E-state index contributed by atoms with van der Waals surface area (Å²) in [7, 11) is 0. The number of hydrogen-bond acceptors (Lipinski definition) is 3. The quantitative estimate of drug-likeness (QED) is 0.838. The van der Waals surface area contributed by atoms with Gasteiger partial charge in [0, 0.05) is 18.0 Å². The molecule has 2 aliphatic carbocycles. The predicted molar refractivity (Wildman–Crippen MR) is 78.6 cm³/mol. The third-order valence-electron chi connectivity index (χ3n) is 4.74. The van der Waals surface area contributed by atoms with Crippen molar-refractivity contribution in [1.29, 1.82) is 0 Å². The maximum absolute atomic E-state index is 6.11. The lowest BCUT2D eigenvalue weighted by atomic mass is 9.93. The maximum atomic E-state index is 6.11. The highest BCUT2D eigenvalue weighted by molar-refractivity contribution is 6.29. The second kappa shape index (κ2) is 5.28. The van der Waals surface area contributed by atoms with Gasteiger partial charge < -0.3 is 5.32 Å². The van der Waals surface area contributed by atoms with Crippen LogP contribution in [-0.4, -0.2) is 16.0 Å². The van der Waals surface area contributed by atoms with E-state index >= 15 is 0 Å². The highest BCUT2D eigenvalue weighted by Crippen LogP contribution is 2.39. The van der Waals surface area contributed by atoms with E-state index in [0.717, 1.165) is 17.6 Å². The van der Waals surface area contributed by atoms with E-state index in [0.29, 0.717) is 23.0 Å². The first-order valence-corrected chi connectivity index (χ1v) is 7.86. The second-order valence-corrected chi connectivity index (χ2v) is 6.45. The van der Waals surface area contributed by atoms with Gasteiger partial charge >= 0.3 is 0 Å². The molecule has 0 aliphatic heterocycles. The van der Waals surface area contributed by atoms with Gasteiger partial charge in [-0.05, 0) is 37.5 Å². The molecule has 1 N–H and O–H groups in total. The number of anilines is 1. The molecule has 0 aromatic carbocycles. The lowest BCUT2D eigenvalue weighted by Crippen LogP contribution is -2.25. The third-order valence-corrected chi connectivity index (χ3v) is 4.93. The Morgan fingerprint density at radius 2 is 2.05 bits per heavy atom. The summed E-state index contributed by atoms with van der Waals surface area (Å²) >= 11 is 6.11. The van der Waals surface area contributed by atoms with Gasteiger partial charge in [-0.15, -0.1) is 0 Å². The monoisotopic (exact) mass is 279 g/mol. The van der Waals surface area contributed by atoms with E-state index in [2.05, 4.69) is 29.1 Å². The SMILES string of the molecule is CCC1CCC(Nc2cc(Cl)nc(C3CC3)n2)C1C. The van der Waals surface area contributed by atoms with Crippen LogP contribution in [0.3, 0.4) is 0 Å². The number of halogens is 1. The zero-order valence-electron chi connectivity index (χ0n) is 11.7. The number of aromatic nitrogens is 2. The van der Waals surface area contributed by atoms with Crippen LogP contribution in [-0.2, 0) is 0 Å². The molecule has 1 aromatic rings. The highest BCUT2D eigenvalue weighted by Gasteiger charge is 2.32. The Balaban J connectivity index is 1.72. The van der Waals surface area contributed by atoms with E-state index in [1.807, 2.05) is 6.07 Å². The standard InChI is InChI=1S/C15H22ClN3/c1-3-10-6-7-12(9(10)2)17-14-8-13(16)18-15(19-14)11-4-5-11/h8-12H,3-7H2,1-2H3,(H,17,18,19). The highest BCUT2D eigenvalue weighted by atomic mass is 35.5. The Hall–Kier alpha value is -0.830. The van der Waals surface area contributed by atoms with Gasteiger partial charge in [0.25, 0.3) is 0 Å². The fraction of sp³-hybridized carbons (Fsp3) is 0.733. The smallest absolute Gasteiger partial charge is 0.135 e. The Bertz CT molecular complexity index is 459. The average molecular weight is 280 g/mol. The average Bonchev–Trinajstić information content (AvgIpc) is 3.16. The molecule has 0 amide bonds. The Morgan fingerprint density at radius 3 is 2.68 bits per heavy atom. The van der Waals surface area contributed by atoms with Gasteiger partial charge in [0.2, 0.25) is 0 Å². The molecule has 1 aromatic heterocycles. The molecule has 19 heavy (non-hydrogen) atoms. The van der Waals surface area contributed by atoms with Crippen molar-refractivity contribution in [3.8, 4) is 0 Å². The van der Waals surface area contributed by atoms with E-state index in [4.69, 9.17) is 11.6 Å². The molecule has 2 aliphatic rings. The molecule has 104 valence electrons. The van der Waals surface area contributed by atoms with Gasteiger partial charge in [-0.2, -0.15) is 0 Å². The van der Waals surface area contributed by atoms with Crippen molar-refractivity contribution in [1.82, 2.24) is 9.97 Å². The molecule has 3 unspecified atom stereocenters. The molecule has 3 nitrogen and oxygen atoms in total. The van der Waals surface area contributed by atoms with Gasteiger partial charge in [0.05, 0.1) is 0 Å². The first kappa shape index (κ1) is 13.2. The minimum absolute atomic E-state index is 0.531. The van der Waals surface area contributed by atoms with Crippen molar-refractivity contribution in [2.45, 2.75) is 57.9 Å². The van der Waals surface area contributed by atoms with Gasteiger partial charge in [-0.1, -0.05) is 31.9 Å². The molecular formula is C15H22ClN3. The fourth-order valence-electron chi connectivity index (χ4n) is 3.25. The lowest BCUT2D eigenvalue weighted by Gasteiger charge is -2.21. The van der Waals surface area contributed by atoms with Crippen molar-refractivity contribution in [3.63, 3.8) is 0 Å². The fourth-order valence-corrected chi connectivity index (χ4v) is 3.44. The predicted octanol–water partition coefficient (Wildman–Crippen LogP) is 4.24. The van der Waals surface area contributed by atoms with Crippen LogP contribution in [0.2, 0.25) is 5.15 Å². The summed E-state index contributed by atoms with van der Waals surface area (Å²) < 4.78 is 0. The number of nitrogens with zero attached hydrogens (tertiary/aromatic N) is 2. The molecular weight excluding hydrogens is 258 g/mol. The molecule has 2 saturated carbocycles. The van der Waals surface area contributed by atoms with Crippen molar-refractivity contribution in [3.05, 3.63) is 17.0 Å². The number of hydrogen-bond donors (Lipinski definition) is 1. The molecule has 0 spiro atoms. The van der Waals surface area contributed by atoms with Crippen LogP contribution in [0.25, 0.3) is 0 Å². The van der Waals surface area contributed by atoms with Crippen LogP contribution in [0.15, 0.2) is 6.07 Å². The van der Waals surface area contributed by atoms with Crippen LogP contribution in [0.5, 0.6) is 0 Å². The Kier molecular flexibility index (Phi) is 3.66. The summed E-state index contributed by atoms with van der Waals surface area (Å²) in [5.41, 5.74) is 0. The van der Waals surface area contributed by atoms with Gasteiger partial charge in [-0.3, -0.25) is 0 Å². The Morgan fingerprint density at radius 1 is 1.26 bits per heavy atom. The van der Waals surface area contributed by atoms with E-state index in [1.54, 1.807) is 0 Å². The molecule has 0 saturated heterocycles. The van der Waals surface area contributed by atoms with Crippen LogP contribution in [0, 0.1) is 11.8 Å². The zero-order valence-corrected chi connectivity index (χ0v) is 12.5. The van der Waals surface area contributed by atoms with Gasteiger partial charge in [0.15, 0.2) is 0 Å². The van der Waals surface area contributed by atoms with E-state index in [1.165, 1.54) is 32.1 Å². The number of rotatable bonds is 4. The molecule has 0 bridgehead atoms. The van der Waals surface area contributed by atoms with Crippen LogP contribution < -0.4 is 5.32 Å². The molecule has 4 heteroatoms. The van der Waals surface area contributed by atoms with Crippen molar-refractivity contribution in [2.24, 2.45) is 11.8 Å². The second-order valence-electron chi connectivity index (χ2n) is 6.06. The first-order chi connectivity index (χ1) is 9.17. The zero-order chi connectivity index (χ0) is 13.4. The molecule has 2 fully saturated rings. The largest absolute Gasteiger partial charge is 0.367 e. The minimum atomic E-state index is 0.531. The van der Waals surface area contributed by atoms with Crippen LogP contribution >= 0.6 is 11.6 Å². The summed E-state index contributed by atoms with van der Waals surface area (Å²) in [4.78, 5) is 8.97. The van der Waals surface area contributed by atoms with Crippen molar-refractivity contribution >= 4 is 17.4 Å². The summed E-state index contributed by atoms with van der Waals surface area (Å²) in [6.45, 7) is 4.64. The molecule has 3 atom stereocenters. The van der Waals surface area contributed by atoms with E-state index in [9.17, 15) is 0 Å². The third kappa shape index (κ3) is 2.86. The van der Waals surface area contributed by atoms with E-state index < -0.39 is 0 Å². The number of nitrogens with one attached hydrogen (secondary N) is 1. The Labute approximate surface area is 120 Å². The van der Waals surface area contributed by atoms with Gasteiger partial charge in [0.1, 0.15) is 16.8 Å². The van der Waals surface area contributed by atoms with E-state index in [-0.39, 0.29) is 0 Å². The normalized spacial score (nSPS) is 30.6. The minimum Gasteiger partial charge on any atom is -0.367 e.